The Balaban J connectivity index is 1.55. The Bertz CT molecular complexity index is 1590. The highest BCUT2D eigenvalue weighted by Gasteiger charge is 2.20. The van der Waals surface area contributed by atoms with E-state index in [1.807, 2.05) is 49.4 Å². The van der Waals surface area contributed by atoms with Crippen LogP contribution in [0.4, 0.5) is 11.4 Å². The molecule has 0 spiro atoms. The van der Waals surface area contributed by atoms with Gasteiger partial charge in [0.05, 0.1) is 19.5 Å². The molecule has 0 aliphatic carbocycles. The van der Waals surface area contributed by atoms with Crippen molar-refractivity contribution in [3.63, 3.8) is 0 Å². The molecule has 220 valence electrons. The number of carbonyl (C=O) groups excluding carboxylic acids is 3. The molecular formula is C34H33N3O5S. The van der Waals surface area contributed by atoms with E-state index >= 15 is 0 Å². The number of nitrogens with one attached hydrogen (secondary N) is 3. The number of hydrogen-bond donors (Lipinski definition) is 3. The van der Waals surface area contributed by atoms with E-state index in [1.165, 1.54) is 18.9 Å². The Kier molecular flexibility index (Phi) is 11.0. The lowest BCUT2D eigenvalue weighted by Crippen LogP contribution is -2.30. The maximum Gasteiger partial charge on any atom is 0.272 e. The van der Waals surface area contributed by atoms with Crippen LogP contribution in [0.1, 0.15) is 29.3 Å². The second-order valence-electron chi connectivity index (χ2n) is 9.34. The lowest BCUT2D eigenvalue weighted by Gasteiger charge is -2.16. The zero-order valence-electron chi connectivity index (χ0n) is 24.1. The molecule has 0 radical (unpaired) electrons. The first-order valence-electron chi connectivity index (χ1n) is 13.6. The number of carbonyl (C=O) groups is 3. The zero-order chi connectivity index (χ0) is 30.6. The monoisotopic (exact) mass is 595 g/mol. The number of methoxy groups -OCH3 is 2. The van der Waals surface area contributed by atoms with Crippen LogP contribution < -0.4 is 25.4 Å². The highest BCUT2D eigenvalue weighted by Crippen LogP contribution is 2.29. The van der Waals surface area contributed by atoms with Crippen molar-refractivity contribution in [2.24, 2.45) is 0 Å². The van der Waals surface area contributed by atoms with Crippen LogP contribution in [0, 0.1) is 0 Å². The molecule has 0 heterocycles. The van der Waals surface area contributed by atoms with Crippen molar-refractivity contribution < 1.29 is 23.9 Å². The van der Waals surface area contributed by atoms with E-state index in [2.05, 4.69) is 16.0 Å². The molecule has 1 atom stereocenters. The molecule has 0 aliphatic rings. The van der Waals surface area contributed by atoms with Crippen molar-refractivity contribution in [1.82, 2.24) is 5.32 Å². The third-order valence-electron chi connectivity index (χ3n) is 6.34. The van der Waals surface area contributed by atoms with Crippen molar-refractivity contribution in [2.75, 3.05) is 24.9 Å². The molecule has 1 unspecified atom stereocenters. The molecule has 4 rings (SSSR count). The second kappa shape index (κ2) is 15.3. The number of rotatable bonds is 12. The molecule has 0 bridgehead atoms. The van der Waals surface area contributed by atoms with Crippen molar-refractivity contribution in [3.8, 4) is 11.5 Å². The number of anilines is 2. The van der Waals surface area contributed by atoms with Gasteiger partial charge in [-0.2, -0.15) is 0 Å². The largest absolute Gasteiger partial charge is 0.497 e. The average Bonchev–Trinajstić information content (AvgIpc) is 3.04. The fourth-order valence-electron chi connectivity index (χ4n) is 4.11. The van der Waals surface area contributed by atoms with Crippen molar-refractivity contribution in [2.45, 2.75) is 23.5 Å². The fourth-order valence-corrected chi connectivity index (χ4v) is 5.13. The first-order chi connectivity index (χ1) is 20.9. The van der Waals surface area contributed by atoms with E-state index in [9.17, 15) is 14.4 Å². The summed E-state index contributed by atoms with van der Waals surface area (Å²) in [6.45, 7) is 1.95. The molecule has 0 aromatic heterocycles. The smallest absolute Gasteiger partial charge is 0.272 e. The predicted octanol–water partition coefficient (Wildman–Crippen LogP) is 6.62. The summed E-state index contributed by atoms with van der Waals surface area (Å²) in [6, 6.07) is 30.3. The molecule has 43 heavy (non-hydrogen) atoms. The number of thioether (sulfide) groups is 1. The van der Waals surface area contributed by atoms with Crippen molar-refractivity contribution >= 4 is 46.9 Å². The highest BCUT2D eigenvalue weighted by atomic mass is 32.2. The maximum atomic E-state index is 13.6. The van der Waals surface area contributed by atoms with E-state index in [0.717, 1.165) is 10.6 Å². The van der Waals surface area contributed by atoms with Crippen LogP contribution in [0.5, 0.6) is 11.5 Å². The van der Waals surface area contributed by atoms with Crippen molar-refractivity contribution in [3.05, 3.63) is 120 Å². The molecule has 8 nitrogen and oxygen atoms in total. The molecule has 0 fully saturated rings. The van der Waals surface area contributed by atoms with Crippen LogP contribution in [-0.4, -0.2) is 37.2 Å². The average molecular weight is 596 g/mol. The van der Waals surface area contributed by atoms with Crippen LogP contribution in [-0.2, 0) is 9.59 Å². The number of hydrogen-bond acceptors (Lipinski definition) is 6. The SMILES string of the molecule is CCC(Sc1cccc(NC(=O)/C(=C\c2ccc(OC)cc2OC)NC(=O)c2ccccc2)c1)C(=O)Nc1ccccc1. The third kappa shape index (κ3) is 8.73. The predicted molar refractivity (Wildman–Crippen MR) is 172 cm³/mol. The lowest BCUT2D eigenvalue weighted by atomic mass is 10.1. The maximum absolute atomic E-state index is 13.6. The van der Waals surface area contributed by atoms with Crippen LogP contribution in [0.25, 0.3) is 6.08 Å². The van der Waals surface area contributed by atoms with Gasteiger partial charge in [0.1, 0.15) is 17.2 Å². The lowest BCUT2D eigenvalue weighted by molar-refractivity contribution is -0.116. The number of ether oxygens (including phenoxy) is 2. The second-order valence-corrected chi connectivity index (χ2v) is 10.6. The van der Waals surface area contributed by atoms with E-state index in [1.54, 1.807) is 73.8 Å². The van der Waals surface area contributed by atoms with Crippen LogP contribution in [0.3, 0.4) is 0 Å². The Morgan fingerprint density at radius 3 is 2.16 bits per heavy atom. The zero-order valence-corrected chi connectivity index (χ0v) is 24.9. The minimum atomic E-state index is -0.529. The molecule has 3 N–H and O–H groups in total. The van der Waals surface area contributed by atoms with Gasteiger partial charge in [-0.1, -0.05) is 49.4 Å². The summed E-state index contributed by atoms with van der Waals surface area (Å²) in [5, 5.41) is 8.23. The first kappa shape index (κ1) is 30.9. The van der Waals surface area contributed by atoms with E-state index in [-0.39, 0.29) is 16.9 Å². The fraction of sp³-hybridized carbons (Fsp3) is 0.147. The van der Waals surface area contributed by atoms with E-state index < -0.39 is 11.8 Å². The van der Waals surface area contributed by atoms with Gasteiger partial charge < -0.3 is 25.4 Å². The van der Waals surface area contributed by atoms with Crippen LogP contribution in [0.2, 0.25) is 0 Å². The minimum absolute atomic E-state index is 0.0176. The summed E-state index contributed by atoms with van der Waals surface area (Å²) >= 11 is 1.41. The molecule has 0 saturated heterocycles. The molecule has 4 aromatic carbocycles. The van der Waals surface area contributed by atoms with E-state index in [4.69, 9.17) is 9.47 Å². The summed E-state index contributed by atoms with van der Waals surface area (Å²) < 4.78 is 10.8. The van der Waals surface area contributed by atoms with Crippen molar-refractivity contribution in [1.29, 1.82) is 0 Å². The topological polar surface area (TPSA) is 106 Å². The summed E-state index contributed by atoms with van der Waals surface area (Å²) in [6.07, 6.45) is 2.16. The summed E-state index contributed by atoms with van der Waals surface area (Å²) in [5.41, 5.74) is 2.24. The van der Waals surface area contributed by atoms with Gasteiger partial charge in [0.15, 0.2) is 0 Å². The molecule has 0 saturated carbocycles. The molecule has 4 aromatic rings. The quantitative estimate of drug-likeness (QED) is 0.126. The first-order valence-corrected chi connectivity index (χ1v) is 14.5. The summed E-state index contributed by atoms with van der Waals surface area (Å²) in [4.78, 5) is 40.3. The number of amides is 3. The standard InChI is InChI=1S/C34H33N3O5S/c1-4-31(34(40)35-25-14-9-6-10-15-25)43-28-17-11-16-26(21-28)36-33(39)29(37-32(38)23-12-7-5-8-13-23)20-24-18-19-27(41-2)22-30(24)42-3/h5-22,31H,4H2,1-3H3,(H,35,40)(H,36,39)(H,37,38)/b29-20+. The van der Waals surface area contributed by atoms with Gasteiger partial charge >= 0.3 is 0 Å². The van der Waals surface area contributed by atoms with Gasteiger partial charge in [0.2, 0.25) is 5.91 Å². The molecule has 9 heteroatoms. The normalized spacial score (nSPS) is 11.7. The van der Waals surface area contributed by atoms with Gasteiger partial charge in [0.25, 0.3) is 11.8 Å². The van der Waals surface area contributed by atoms with Crippen LogP contribution >= 0.6 is 11.8 Å². The number of para-hydroxylation sites is 1. The third-order valence-corrected chi connectivity index (χ3v) is 7.70. The van der Waals surface area contributed by atoms with Gasteiger partial charge in [-0.05, 0) is 67.1 Å². The highest BCUT2D eigenvalue weighted by molar-refractivity contribution is 8.00. The molecular weight excluding hydrogens is 562 g/mol. The summed E-state index contributed by atoms with van der Waals surface area (Å²) in [5.74, 6) is -0.00977. The Labute approximate surface area is 255 Å². The van der Waals surface area contributed by atoms with Gasteiger partial charge in [-0.25, -0.2) is 0 Å². The Hall–Kier alpha value is -5.02. The van der Waals surface area contributed by atoms with Gasteiger partial charge in [-0.15, -0.1) is 11.8 Å². The molecule has 0 aliphatic heterocycles. The Morgan fingerprint density at radius 2 is 1.49 bits per heavy atom. The van der Waals surface area contributed by atoms with Crippen LogP contribution in [0.15, 0.2) is 114 Å². The van der Waals surface area contributed by atoms with Gasteiger partial charge in [-0.3, -0.25) is 14.4 Å². The van der Waals surface area contributed by atoms with E-state index in [0.29, 0.717) is 34.7 Å². The van der Waals surface area contributed by atoms with Gasteiger partial charge in [0, 0.05) is 33.5 Å². The minimum Gasteiger partial charge on any atom is -0.497 e. The number of benzene rings is 4. The Morgan fingerprint density at radius 1 is 0.791 bits per heavy atom. The summed E-state index contributed by atoms with van der Waals surface area (Å²) in [7, 11) is 3.06. The molecule has 3 amide bonds.